The van der Waals surface area contributed by atoms with Gasteiger partial charge in [0.25, 0.3) is 0 Å². The van der Waals surface area contributed by atoms with Gasteiger partial charge in [-0.1, -0.05) is 24.4 Å². The highest BCUT2D eigenvalue weighted by Crippen LogP contribution is 2.20. The summed E-state index contributed by atoms with van der Waals surface area (Å²) in [7, 11) is 0. The highest BCUT2D eigenvalue weighted by molar-refractivity contribution is 6.30. The first kappa shape index (κ1) is 12.2. The fourth-order valence-electron chi connectivity index (χ4n) is 2.00. The molecule has 0 radical (unpaired) electrons. The molecule has 1 aromatic carbocycles. The molecule has 2 N–H and O–H groups in total. The highest BCUT2D eigenvalue weighted by atomic mass is 35.5. The Hall–Kier alpha value is -1.29. The van der Waals surface area contributed by atoms with E-state index < -0.39 is 5.82 Å². The van der Waals surface area contributed by atoms with Crippen molar-refractivity contribution in [2.45, 2.75) is 31.7 Å². The number of rotatable bonds is 2. The first-order valence-corrected chi connectivity index (χ1v) is 6.05. The molecule has 0 atom stereocenters. The van der Waals surface area contributed by atoms with E-state index in [4.69, 9.17) is 11.6 Å². The topological polar surface area (TPSA) is 41.1 Å². The Balaban J connectivity index is 1.93. The molecule has 1 fully saturated rings. The minimum Gasteiger partial charge on any atom is -0.335 e. The molecule has 0 saturated heterocycles. The monoisotopic (exact) mass is 256 g/mol. The summed E-state index contributed by atoms with van der Waals surface area (Å²) in [6.07, 6.45) is 4.27. The van der Waals surface area contributed by atoms with Crippen LogP contribution in [-0.2, 0) is 0 Å². The van der Waals surface area contributed by atoms with Crippen molar-refractivity contribution in [2.24, 2.45) is 0 Å². The normalized spacial score (nSPS) is 15.9. The third-order valence-corrected chi connectivity index (χ3v) is 3.10. The average molecular weight is 257 g/mol. The Morgan fingerprint density at radius 1 is 1.35 bits per heavy atom. The molecular formula is C12H14ClFN2O. The second-order valence-electron chi connectivity index (χ2n) is 4.20. The van der Waals surface area contributed by atoms with Crippen LogP contribution in [0.2, 0.25) is 5.02 Å². The van der Waals surface area contributed by atoms with Crippen LogP contribution in [0.15, 0.2) is 18.2 Å². The molecular weight excluding hydrogens is 243 g/mol. The molecule has 1 aliphatic carbocycles. The third-order valence-electron chi connectivity index (χ3n) is 2.87. The van der Waals surface area contributed by atoms with Crippen molar-refractivity contribution in [3.05, 3.63) is 29.0 Å². The van der Waals surface area contributed by atoms with Crippen LogP contribution in [-0.4, -0.2) is 12.1 Å². The lowest BCUT2D eigenvalue weighted by Gasteiger charge is -2.13. The number of carbonyl (C=O) groups is 1. The van der Waals surface area contributed by atoms with Gasteiger partial charge in [-0.2, -0.15) is 0 Å². The fourth-order valence-corrected chi connectivity index (χ4v) is 2.16. The maximum atomic E-state index is 13.4. The van der Waals surface area contributed by atoms with Crippen molar-refractivity contribution in [1.29, 1.82) is 0 Å². The quantitative estimate of drug-likeness (QED) is 0.835. The second-order valence-corrected chi connectivity index (χ2v) is 4.64. The zero-order valence-corrected chi connectivity index (χ0v) is 10.1. The zero-order valence-electron chi connectivity index (χ0n) is 9.30. The lowest BCUT2D eigenvalue weighted by molar-refractivity contribution is 0.248. The van der Waals surface area contributed by atoms with Gasteiger partial charge in [0.15, 0.2) is 0 Å². The van der Waals surface area contributed by atoms with Crippen LogP contribution in [0.1, 0.15) is 25.7 Å². The van der Waals surface area contributed by atoms with Crippen LogP contribution in [0.4, 0.5) is 14.9 Å². The van der Waals surface area contributed by atoms with E-state index in [1.165, 1.54) is 18.2 Å². The number of amides is 2. The van der Waals surface area contributed by atoms with Gasteiger partial charge in [-0.25, -0.2) is 9.18 Å². The number of benzene rings is 1. The van der Waals surface area contributed by atoms with Crippen molar-refractivity contribution in [1.82, 2.24) is 5.32 Å². The number of halogens is 2. The van der Waals surface area contributed by atoms with Gasteiger partial charge in [0.1, 0.15) is 5.82 Å². The average Bonchev–Trinajstić information content (AvgIpc) is 2.75. The maximum Gasteiger partial charge on any atom is 0.319 e. The predicted octanol–water partition coefficient (Wildman–Crippen LogP) is 3.54. The van der Waals surface area contributed by atoms with Crippen LogP contribution in [0, 0.1) is 5.82 Å². The SMILES string of the molecule is O=C(Nc1ccc(Cl)cc1F)NC1CCCC1. The van der Waals surface area contributed by atoms with Crippen LogP contribution < -0.4 is 10.6 Å². The number of anilines is 1. The lowest BCUT2D eigenvalue weighted by atomic mass is 10.2. The molecule has 0 heterocycles. The van der Waals surface area contributed by atoms with Gasteiger partial charge in [0.2, 0.25) is 0 Å². The first-order valence-electron chi connectivity index (χ1n) is 5.68. The lowest BCUT2D eigenvalue weighted by Crippen LogP contribution is -2.36. The van der Waals surface area contributed by atoms with E-state index in [-0.39, 0.29) is 17.8 Å². The summed E-state index contributed by atoms with van der Waals surface area (Å²) >= 11 is 5.62. The zero-order chi connectivity index (χ0) is 12.3. The van der Waals surface area contributed by atoms with Crippen LogP contribution >= 0.6 is 11.6 Å². The minimum absolute atomic E-state index is 0.143. The number of carbonyl (C=O) groups excluding carboxylic acids is 1. The van der Waals surface area contributed by atoms with Gasteiger partial charge in [-0.3, -0.25) is 0 Å². The molecule has 0 spiro atoms. The van der Waals surface area contributed by atoms with E-state index >= 15 is 0 Å². The molecule has 2 amide bonds. The van der Waals surface area contributed by atoms with Crippen molar-refractivity contribution in [3.63, 3.8) is 0 Å². The first-order chi connectivity index (χ1) is 8.15. The standard InChI is InChI=1S/C12H14ClFN2O/c13-8-5-6-11(10(14)7-8)16-12(17)15-9-3-1-2-4-9/h5-7,9H,1-4H2,(H2,15,16,17). The molecule has 1 aliphatic rings. The summed E-state index contributed by atoms with van der Waals surface area (Å²) < 4.78 is 13.4. The molecule has 92 valence electrons. The molecule has 1 saturated carbocycles. The molecule has 5 heteroatoms. The van der Waals surface area contributed by atoms with Crippen molar-refractivity contribution < 1.29 is 9.18 Å². The maximum absolute atomic E-state index is 13.4. The van der Waals surface area contributed by atoms with Gasteiger partial charge in [0, 0.05) is 11.1 Å². The number of hydrogen-bond donors (Lipinski definition) is 2. The summed E-state index contributed by atoms with van der Waals surface area (Å²) in [5.74, 6) is -0.529. The van der Waals surface area contributed by atoms with E-state index in [1.807, 2.05) is 0 Å². The van der Waals surface area contributed by atoms with E-state index in [0.717, 1.165) is 25.7 Å². The van der Waals surface area contributed by atoms with Crippen molar-refractivity contribution >= 4 is 23.3 Å². The van der Waals surface area contributed by atoms with E-state index in [1.54, 1.807) is 0 Å². The van der Waals surface area contributed by atoms with Gasteiger partial charge in [0.05, 0.1) is 5.69 Å². The van der Waals surface area contributed by atoms with E-state index in [0.29, 0.717) is 5.02 Å². The molecule has 0 aliphatic heterocycles. The summed E-state index contributed by atoms with van der Waals surface area (Å²) in [5.41, 5.74) is 0.143. The fraction of sp³-hybridized carbons (Fsp3) is 0.417. The molecule has 3 nitrogen and oxygen atoms in total. The van der Waals surface area contributed by atoms with Crippen molar-refractivity contribution in [3.8, 4) is 0 Å². The van der Waals surface area contributed by atoms with E-state index in [9.17, 15) is 9.18 Å². The van der Waals surface area contributed by atoms with Crippen molar-refractivity contribution in [2.75, 3.05) is 5.32 Å². The Labute approximate surface area is 104 Å². The summed E-state index contributed by atoms with van der Waals surface area (Å²) in [5, 5.41) is 5.61. The van der Waals surface area contributed by atoms with Crippen LogP contribution in [0.25, 0.3) is 0 Å². The summed E-state index contributed by atoms with van der Waals surface area (Å²) in [6, 6.07) is 4.01. The molecule has 0 bridgehead atoms. The molecule has 17 heavy (non-hydrogen) atoms. The minimum atomic E-state index is -0.529. The summed E-state index contributed by atoms with van der Waals surface area (Å²) in [4.78, 5) is 11.6. The number of hydrogen-bond acceptors (Lipinski definition) is 1. The van der Waals surface area contributed by atoms with Crippen LogP contribution in [0.5, 0.6) is 0 Å². The largest absolute Gasteiger partial charge is 0.335 e. The highest BCUT2D eigenvalue weighted by Gasteiger charge is 2.17. The van der Waals surface area contributed by atoms with Gasteiger partial charge in [-0.15, -0.1) is 0 Å². The predicted molar refractivity (Wildman–Crippen MR) is 65.8 cm³/mol. The number of nitrogens with one attached hydrogen (secondary N) is 2. The molecule has 0 unspecified atom stereocenters. The molecule has 1 aromatic rings. The smallest absolute Gasteiger partial charge is 0.319 e. The van der Waals surface area contributed by atoms with Gasteiger partial charge < -0.3 is 10.6 Å². The van der Waals surface area contributed by atoms with Gasteiger partial charge >= 0.3 is 6.03 Å². The Morgan fingerprint density at radius 2 is 2.06 bits per heavy atom. The summed E-state index contributed by atoms with van der Waals surface area (Å²) in [6.45, 7) is 0. The Kier molecular flexibility index (Phi) is 3.84. The Bertz CT molecular complexity index is 419. The molecule has 2 rings (SSSR count). The van der Waals surface area contributed by atoms with E-state index in [2.05, 4.69) is 10.6 Å². The van der Waals surface area contributed by atoms with Crippen LogP contribution in [0.3, 0.4) is 0 Å². The second kappa shape index (κ2) is 5.36. The molecule has 0 aromatic heterocycles. The van der Waals surface area contributed by atoms with Gasteiger partial charge in [-0.05, 0) is 31.0 Å². The Morgan fingerprint density at radius 3 is 2.71 bits per heavy atom. The number of urea groups is 1. The third kappa shape index (κ3) is 3.33.